The number of carbonyl (C=O) groups is 2. The van der Waals surface area contributed by atoms with E-state index in [9.17, 15) is 9.59 Å². The van der Waals surface area contributed by atoms with E-state index < -0.39 is 0 Å². The van der Waals surface area contributed by atoms with E-state index in [-0.39, 0.29) is 11.8 Å². The number of fused-ring (bicyclic) bond motifs is 3. The van der Waals surface area contributed by atoms with Crippen LogP contribution in [0.5, 0.6) is 0 Å². The highest BCUT2D eigenvalue weighted by Crippen LogP contribution is 2.32. The summed E-state index contributed by atoms with van der Waals surface area (Å²) < 4.78 is 7.74. The van der Waals surface area contributed by atoms with Crippen molar-refractivity contribution in [3.05, 3.63) is 102 Å². The van der Waals surface area contributed by atoms with E-state index in [2.05, 4.69) is 72.8 Å². The zero-order chi connectivity index (χ0) is 44.3. The Kier molecular flexibility index (Phi) is 11.9. The number of nitrogens with one attached hydrogen (secondary N) is 1. The van der Waals surface area contributed by atoms with Crippen molar-refractivity contribution in [2.75, 3.05) is 94.2 Å². The maximum atomic E-state index is 13.7. The summed E-state index contributed by atoms with van der Waals surface area (Å²) in [5, 5.41) is 6.64. The summed E-state index contributed by atoms with van der Waals surface area (Å²) in [5.41, 5.74) is 19.8. The molecule has 65 heavy (non-hydrogen) atoms. The second-order valence-electron chi connectivity index (χ2n) is 16.6. The smallest absolute Gasteiger partial charge is 0.257 e. The molecule has 0 unspecified atom stereocenters. The number of aromatic amines is 1. The van der Waals surface area contributed by atoms with Gasteiger partial charge in [0.1, 0.15) is 23.5 Å². The molecule has 0 aliphatic carbocycles. The van der Waals surface area contributed by atoms with Crippen LogP contribution in [0.25, 0.3) is 33.3 Å². The minimum absolute atomic E-state index is 0.0828. The van der Waals surface area contributed by atoms with Gasteiger partial charge in [0.2, 0.25) is 17.8 Å². The molecule has 5 N–H and O–H groups in total. The Morgan fingerprint density at radius 2 is 1.49 bits per heavy atom. The Labute approximate surface area is 374 Å². The number of hydrogen-bond donors (Lipinski definition) is 3. The van der Waals surface area contributed by atoms with Gasteiger partial charge in [-0.15, -0.1) is 0 Å². The fourth-order valence-electron chi connectivity index (χ4n) is 8.80. The quantitative estimate of drug-likeness (QED) is 0.141. The molecule has 2 fully saturated rings. The minimum Gasteiger partial charge on any atom is -0.383 e. The Morgan fingerprint density at radius 3 is 2.26 bits per heavy atom. The summed E-state index contributed by atoms with van der Waals surface area (Å²) in [5.74, 6) is 1.68. The molecule has 20 heteroatoms. The molecule has 2 saturated heterocycles. The third-order valence-electron chi connectivity index (χ3n) is 12.5. The predicted molar refractivity (Wildman–Crippen MR) is 244 cm³/mol. The molecule has 334 valence electrons. The number of benzene rings is 1. The van der Waals surface area contributed by atoms with Crippen LogP contribution < -0.4 is 21.3 Å². The monoisotopic (exact) mass is 877 g/mol. The van der Waals surface area contributed by atoms with Crippen molar-refractivity contribution in [3.8, 4) is 11.3 Å². The lowest BCUT2D eigenvalue weighted by atomic mass is 9.97. The van der Waals surface area contributed by atoms with Gasteiger partial charge in [0, 0.05) is 132 Å². The number of H-pyrrole nitrogens is 1. The molecule has 3 aliphatic heterocycles. The van der Waals surface area contributed by atoms with Crippen LogP contribution in [0, 0.1) is 0 Å². The van der Waals surface area contributed by atoms with Crippen LogP contribution in [0.4, 0.5) is 17.7 Å². The number of amides is 2. The van der Waals surface area contributed by atoms with Crippen LogP contribution in [-0.4, -0.2) is 155 Å². The second-order valence-corrected chi connectivity index (χ2v) is 16.6. The molecule has 0 spiro atoms. The summed E-state index contributed by atoms with van der Waals surface area (Å²) in [6.07, 6.45) is 13.0. The summed E-state index contributed by atoms with van der Waals surface area (Å²) in [6.45, 7) is 9.64. The lowest BCUT2D eigenvalue weighted by Gasteiger charge is -2.35. The Hall–Kier alpha value is -7.16. The van der Waals surface area contributed by atoms with Crippen LogP contribution in [0.1, 0.15) is 39.0 Å². The average molecular weight is 878 g/mol. The van der Waals surface area contributed by atoms with E-state index >= 15 is 0 Å². The molecule has 2 amide bonds. The Morgan fingerprint density at radius 1 is 0.738 bits per heavy atom. The first kappa shape index (κ1) is 41.8. The first-order chi connectivity index (χ1) is 31.9. The molecule has 9 heterocycles. The number of carbonyl (C=O) groups excluding carboxylic acids is 2. The summed E-state index contributed by atoms with van der Waals surface area (Å²) >= 11 is 0. The highest BCUT2D eigenvalue weighted by atomic mass is 16.5. The van der Waals surface area contributed by atoms with Crippen molar-refractivity contribution in [3.63, 3.8) is 0 Å². The molecule has 0 atom stereocenters. The van der Waals surface area contributed by atoms with Crippen molar-refractivity contribution >= 4 is 51.6 Å². The standard InChI is InChI=1S/C45H51N17O3/c46-21-31-22-50-44(51-23-31)60-14-12-58(13-15-60)37(63)5-17-65-18-16-57-8-10-59(11-9-57)45-52-25-36(26-53-45)43(64)61-7-4-32-19-30(1-2-34(32)28-61)27-62-42-38(40(47)54-29-55-42)39(56-62)35-20-33-3-6-48-41(33)49-24-35/h1-3,6,19-20,22-26,29H,4-5,7-18,21,27-28,46H2,(H,48,49)(H2,47,54,55). The molecular formula is C45H51N17O3. The molecule has 1 aromatic carbocycles. The third kappa shape index (κ3) is 9.00. The van der Waals surface area contributed by atoms with Gasteiger partial charge in [-0.25, -0.2) is 39.6 Å². The van der Waals surface area contributed by atoms with Crippen LogP contribution in [0.15, 0.2) is 73.8 Å². The number of nitrogens with two attached hydrogens (primary N) is 2. The van der Waals surface area contributed by atoms with E-state index in [1.165, 1.54) is 11.9 Å². The Balaban J connectivity index is 0.663. The number of pyridine rings is 1. The lowest BCUT2D eigenvalue weighted by molar-refractivity contribution is -0.132. The maximum Gasteiger partial charge on any atom is 0.257 e. The number of anilines is 3. The van der Waals surface area contributed by atoms with Gasteiger partial charge in [0.15, 0.2) is 5.65 Å². The summed E-state index contributed by atoms with van der Waals surface area (Å²) in [7, 11) is 0. The number of aromatic nitrogens is 10. The van der Waals surface area contributed by atoms with E-state index in [1.54, 1.807) is 31.0 Å². The maximum absolute atomic E-state index is 13.7. The van der Waals surface area contributed by atoms with Gasteiger partial charge in [-0.05, 0) is 35.2 Å². The fourth-order valence-corrected chi connectivity index (χ4v) is 8.80. The number of nitrogen functional groups attached to an aromatic ring is 1. The summed E-state index contributed by atoms with van der Waals surface area (Å²) in [6, 6.07) is 10.4. The van der Waals surface area contributed by atoms with Crippen molar-refractivity contribution in [2.24, 2.45) is 5.73 Å². The first-order valence-corrected chi connectivity index (χ1v) is 22.1. The topological polar surface area (TPSA) is 235 Å². The van der Waals surface area contributed by atoms with Crippen LogP contribution in [0.2, 0.25) is 0 Å². The van der Waals surface area contributed by atoms with Gasteiger partial charge in [-0.2, -0.15) is 5.10 Å². The molecule has 7 aromatic rings. The van der Waals surface area contributed by atoms with Gasteiger partial charge in [-0.3, -0.25) is 14.5 Å². The SMILES string of the molecule is NCc1cnc(N2CCN(C(=O)CCOCCN3CCN(c4ncc(C(=O)N5CCc6cc(Cn7nc(-c8cnc9[nH]ccc9c8)c8c(N)ncnc87)ccc6C5)cn4)CC3)CC2)nc1. The highest BCUT2D eigenvalue weighted by Gasteiger charge is 2.26. The number of piperazine rings is 2. The zero-order valence-corrected chi connectivity index (χ0v) is 36.1. The molecule has 0 radical (unpaired) electrons. The number of hydrogen-bond acceptors (Lipinski definition) is 16. The van der Waals surface area contributed by atoms with E-state index in [0.29, 0.717) is 112 Å². The van der Waals surface area contributed by atoms with Crippen LogP contribution >= 0.6 is 0 Å². The molecule has 20 nitrogen and oxygen atoms in total. The molecule has 0 bridgehead atoms. The van der Waals surface area contributed by atoms with E-state index in [0.717, 1.165) is 72.4 Å². The third-order valence-corrected chi connectivity index (χ3v) is 12.5. The summed E-state index contributed by atoms with van der Waals surface area (Å²) in [4.78, 5) is 71.3. The van der Waals surface area contributed by atoms with Crippen molar-refractivity contribution in [1.82, 2.24) is 64.4 Å². The number of ether oxygens (including phenoxy) is 1. The van der Waals surface area contributed by atoms with E-state index in [1.807, 2.05) is 32.8 Å². The molecule has 0 saturated carbocycles. The number of nitrogens with zero attached hydrogens (tertiary/aromatic N) is 14. The van der Waals surface area contributed by atoms with Gasteiger partial charge < -0.3 is 40.8 Å². The van der Waals surface area contributed by atoms with Gasteiger partial charge >= 0.3 is 0 Å². The predicted octanol–water partition coefficient (Wildman–Crippen LogP) is 2.11. The minimum atomic E-state index is -0.0828. The van der Waals surface area contributed by atoms with E-state index in [4.69, 9.17) is 21.3 Å². The van der Waals surface area contributed by atoms with Gasteiger partial charge in [0.25, 0.3) is 5.91 Å². The van der Waals surface area contributed by atoms with Crippen molar-refractivity contribution < 1.29 is 14.3 Å². The molecule has 3 aliphatic rings. The molecular weight excluding hydrogens is 827 g/mol. The lowest BCUT2D eigenvalue weighted by Crippen LogP contribution is -2.49. The Bertz CT molecular complexity index is 2800. The number of rotatable bonds is 13. The zero-order valence-electron chi connectivity index (χ0n) is 36.1. The van der Waals surface area contributed by atoms with Crippen molar-refractivity contribution in [1.29, 1.82) is 0 Å². The van der Waals surface area contributed by atoms with Crippen LogP contribution in [-0.2, 0) is 35.6 Å². The average Bonchev–Trinajstić information content (AvgIpc) is 3.99. The van der Waals surface area contributed by atoms with Gasteiger partial charge in [-0.1, -0.05) is 18.2 Å². The molecule has 6 aromatic heterocycles. The van der Waals surface area contributed by atoms with Crippen molar-refractivity contribution in [2.45, 2.75) is 32.5 Å². The normalized spacial score (nSPS) is 15.8. The fraction of sp³-hybridized carbons (Fsp3) is 0.378. The second kappa shape index (κ2) is 18.5. The van der Waals surface area contributed by atoms with Crippen LogP contribution in [0.3, 0.4) is 0 Å². The first-order valence-electron chi connectivity index (χ1n) is 22.1. The highest BCUT2D eigenvalue weighted by molar-refractivity contribution is 5.99. The molecule has 10 rings (SSSR count). The largest absolute Gasteiger partial charge is 0.383 e. The van der Waals surface area contributed by atoms with Gasteiger partial charge in [0.05, 0.1) is 37.1 Å².